The van der Waals surface area contributed by atoms with Crippen LogP contribution in [0.2, 0.25) is 0 Å². The Morgan fingerprint density at radius 1 is 1.09 bits per heavy atom. The van der Waals surface area contributed by atoms with Gasteiger partial charge in [0.1, 0.15) is 0 Å². The van der Waals surface area contributed by atoms with Crippen LogP contribution in [0.15, 0.2) is 53.3 Å². The molecule has 6 nitrogen and oxygen atoms in total. The van der Waals surface area contributed by atoms with Crippen LogP contribution in [0, 0.1) is 5.92 Å². The summed E-state index contributed by atoms with van der Waals surface area (Å²) in [6.45, 7) is 4.99. The Kier molecular flexibility index (Phi) is 4.24. The molecular formula is C26H27N3O3. The number of amides is 1. The first-order valence-corrected chi connectivity index (χ1v) is 11.4. The van der Waals surface area contributed by atoms with Gasteiger partial charge in [0.05, 0.1) is 17.7 Å². The lowest BCUT2D eigenvalue weighted by Gasteiger charge is -2.48. The van der Waals surface area contributed by atoms with E-state index in [0.717, 1.165) is 35.9 Å². The molecule has 1 aliphatic carbocycles. The van der Waals surface area contributed by atoms with Gasteiger partial charge in [0.15, 0.2) is 5.76 Å². The molecule has 3 aliphatic rings. The van der Waals surface area contributed by atoms with Crippen LogP contribution in [0.25, 0.3) is 16.5 Å². The first-order chi connectivity index (χ1) is 15.4. The SMILES string of the molecule is CC1CC(C)N1C(=O)[C@@H]1C=C2c3cccc4c3c(cn4C(=O)c3ccco3)C[C@H]2N(C)C1. The van der Waals surface area contributed by atoms with E-state index in [1.54, 1.807) is 16.7 Å². The predicted octanol–water partition coefficient (Wildman–Crippen LogP) is 3.80. The van der Waals surface area contributed by atoms with Crippen molar-refractivity contribution < 1.29 is 14.0 Å². The summed E-state index contributed by atoms with van der Waals surface area (Å²) in [4.78, 5) is 30.8. The fraction of sp³-hybridized carbons (Fsp3) is 0.385. The Bertz CT molecular complexity index is 1260. The molecule has 32 heavy (non-hydrogen) atoms. The second-order valence-electron chi connectivity index (χ2n) is 9.57. The van der Waals surface area contributed by atoms with Gasteiger partial charge in [0.25, 0.3) is 5.91 Å². The van der Waals surface area contributed by atoms with Crippen LogP contribution in [0.4, 0.5) is 0 Å². The van der Waals surface area contributed by atoms with E-state index in [-0.39, 0.29) is 23.8 Å². The van der Waals surface area contributed by atoms with Gasteiger partial charge in [-0.25, -0.2) is 0 Å². The van der Waals surface area contributed by atoms with Crippen LogP contribution in [0.3, 0.4) is 0 Å². The number of nitrogens with zero attached hydrogens (tertiary/aromatic N) is 3. The highest BCUT2D eigenvalue weighted by Gasteiger charge is 2.42. The molecule has 2 aliphatic heterocycles. The molecular weight excluding hydrogens is 402 g/mol. The summed E-state index contributed by atoms with van der Waals surface area (Å²) in [5, 5.41) is 1.11. The summed E-state index contributed by atoms with van der Waals surface area (Å²) in [5.74, 6) is 0.261. The topological polar surface area (TPSA) is 58.7 Å². The predicted molar refractivity (Wildman–Crippen MR) is 122 cm³/mol. The van der Waals surface area contributed by atoms with Crippen molar-refractivity contribution in [2.45, 2.75) is 44.8 Å². The van der Waals surface area contributed by atoms with Gasteiger partial charge in [0.2, 0.25) is 5.91 Å². The van der Waals surface area contributed by atoms with E-state index in [1.807, 2.05) is 23.2 Å². The van der Waals surface area contributed by atoms with Crippen molar-refractivity contribution in [2.75, 3.05) is 13.6 Å². The monoisotopic (exact) mass is 429 g/mol. The molecule has 0 spiro atoms. The molecule has 2 aromatic heterocycles. The second-order valence-corrected chi connectivity index (χ2v) is 9.57. The van der Waals surface area contributed by atoms with Crippen LogP contribution in [-0.2, 0) is 11.2 Å². The molecule has 0 bridgehead atoms. The van der Waals surface area contributed by atoms with E-state index >= 15 is 0 Å². The van der Waals surface area contributed by atoms with Gasteiger partial charge < -0.3 is 9.32 Å². The molecule has 164 valence electrons. The molecule has 4 atom stereocenters. The van der Waals surface area contributed by atoms with Gasteiger partial charge in [0, 0.05) is 36.3 Å². The first kappa shape index (κ1) is 19.6. The van der Waals surface area contributed by atoms with Crippen molar-refractivity contribution in [3.63, 3.8) is 0 Å². The number of rotatable bonds is 2. The van der Waals surface area contributed by atoms with Crippen molar-refractivity contribution in [3.8, 4) is 0 Å². The maximum Gasteiger partial charge on any atom is 0.298 e. The number of hydrogen-bond donors (Lipinski definition) is 0. The number of carbonyl (C=O) groups excluding carboxylic acids is 2. The van der Waals surface area contributed by atoms with Crippen LogP contribution in [-0.4, -0.2) is 57.9 Å². The molecule has 6 rings (SSSR count). The van der Waals surface area contributed by atoms with Crippen LogP contribution >= 0.6 is 0 Å². The third kappa shape index (κ3) is 2.69. The van der Waals surface area contributed by atoms with Crippen LogP contribution in [0.1, 0.15) is 41.9 Å². The van der Waals surface area contributed by atoms with Crippen molar-refractivity contribution >= 4 is 28.3 Å². The van der Waals surface area contributed by atoms with E-state index < -0.39 is 0 Å². The minimum absolute atomic E-state index is 0.139. The third-order valence-corrected chi connectivity index (χ3v) is 7.54. The molecule has 0 saturated carbocycles. The Hall–Kier alpha value is -3.12. The van der Waals surface area contributed by atoms with Crippen molar-refractivity contribution in [3.05, 3.63) is 65.8 Å². The van der Waals surface area contributed by atoms with E-state index in [4.69, 9.17) is 4.42 Å². The Morgan fingerprint density at radius 2 is 1.91 bits per heavy atom. The smallest absolute Gasteiger partial charge is 0.298 e. The number of fused-ring (bicyclic) bond motifs is 2. The average molecular weight is 430 g/mol. The minimum Gasteiger partial charge on any atom is -0.459 e. The van der Waals surface area contributed by atoms with Gasteiger partial charge in [-0.1, -0.05) is 18.2 Å². The summed E-state index contributed by atoms with van der Waals surface area (Å²) in [5.41, 5.74) is 4.40. The summed E-state index contributed by atoms with van der Waals surface area (Å²) in [7, 11) is 2.11. The second kappa shape index (κ2) is 6.94. The van der Waals surface area contributed by atoms with Crippen molar-refractivity contribution in [2.24, 2.45) is 5.92 Å². The Labute approximate surface area is 187 Å². The summed E-state index contributed by atoms with van der Waals surface area (Å²) in [6.07, 6.45) is 7.59. The number of hydrogen-bond acceptors (Lipinski definition) is 4. The molecule has 1 amide bonds. The number of carbonyl (C=O) groups is 2. The highest BCUT2D eigenvalue weighted by Crippen LogP contribution is 2.42. The summed E-state index contributed by atoms with van der Waals surface area (Å²) >= 11 is 0. The van der Waals surface area contributed by atoms with Gasteiger partial charge in [-0.15, -0.1) is 0 Å². The number of likely N-dealkylation sites (tertiary alicyclic amines) is 1. The third-order valence-electron chi connectivity index (χ3n) is 7.54. The van der Waals surface area contributed by atoms with Crippen LogP contribution < -0.4 is 0 Å². The molecule has 4 heterocycles. The Morgan fingerprint density at radius 3 is 2.62 bits per heavy atom. The van der Waals surface area contributed by atoms with Gasteiger partial charge in [-0.3, -0.25) is 19.1 Å². The molecule has 3 aromatic rings. The standard InChI is InChI=1S/C26H27N3O3/c1-15-10-16(2)29(15)25(30)18-11-20-19-6-4-7-21-24(19)17(12-22(20)27(3)13-18)14-28(21)26(31)23-8-5-9-32-23/h4-9,11,14-16,18,22H,10,12-13H2,1-3H3/t15?,16?,18-,22-/m1/s1. The molecule has 2 unspecified atom stereocenters. The average Bonchev–Trinajstić information content (AvgIpc) is 3.43. The maximum absolute atomic E-state index is 13.3. The van der Waals surface area contributed by atoms with Gasteiger partial charge >= 0.3 is 0 Å². The normalized spacial score (nSPS) is 27.1. The van der Waals surface area contributed by atoms with E-state index in [0.29, 0.717) is 17.8 Å². The molecule has 1 aromatic carbocycles. The fourth-order valence-electron chi connectivity index (χ4n) is 6.04. The summed E-state index contributed by atoms with van der Waals surface area (Å²) < 4.78 is 7.07. The van der Waals surface area contributed by atoms with Gasteiger partial charge in [-0.2, -0.15) is 0 Å². The largest absolute Gasteiger partial charge is 0.459 e. The highest BCUT2D eigenvalue weighted by atomic mass is 16.3. The highest BCUT2D eigenvalue weighted by molar-refractivity contribution is 6.06. The molecule has 0 radical (unpaired) electrons. The zero-order valence-corrected chi connectivity index (χ0v) is 18.6. The quantitative estimate of drug-likeness (QED) is 0.622. The first-order valence-electron chi connectivity index (χ1n) is 11.4. The van der Waals surface area contributed by atoms with Crippen LogP contribution in [0.5, 0.6) is 0 Å². The lowest BCUT2D eigenvalue weighted by molar-refractivity contribution is -0.146. The number of aromatic nitrogens is 1. The van der Waals surface area contributed by atoms with E-state index in [1.165, 1.54) is 17.4 Å². The fourth-order valence-corrected chi connectivity index (χ4v) is 6.04. The maximum atomic E-state index is 13.3. The molecule has 0 N–H and O–H groups in total. The summed E-state index contributed by atoms with van der Waals surface area (Å²) in [6, 6.07) is 10.4. The van der Waals surface area contributed by atoms with Crippen molar-refractivity contribution in [1.29, 1.82) is 0 Å². The molecule has 6 heteroatoms. The number of furan rings is 1. The number of likely N-dealkylation sites (N-methyl/N-ethyl adjacent to an activating group) is 1. The number of benzene rings is 1. The molecule has 1 fully saturated rings. The minimum atomic E-state index is -0.163. The lowest BCUT2D eigenvalue weighted by atomic mass is 9.79. The van der Waals surface area contributed by atoms with Crippen molar-refractivity contribution in [1.82, 2.24) is 14.4 Å². The zero-order valence-electron chi connectivity index (χ0n) is 18.6. The van der Waals surface area contributed by atoms with E-state index in [2.05, 4.69) is 37.9 Å². The Balaban J connectivity index is 1.44. The van der Waals surface area contributed by atoms with E-state index in [9.17, 15) is 9.59 Å². The lowest BCUT2D eigenvalue weighted by Crippen LogP contribution is -2.59. The zero-order chi connectivity index (χ0) is 22.1. The molecule has 1 saturated heterocycles. The van der Waals surface area contributed by atoms with Gasteiger partial charge in [-0.05, 0) is 68.6 Å².